The van der Waals surface area contributed by atoms with Gasteiger partial charge in [0.15, 0.2) is 0 Å². The average molecular weight is 452 g/mol. The molecule has 4 rings (SSSR count). The van der Waals surface area contributed by atoms with Gasteiger partial charge in [0.05, 0.1) is 30.2 Å². The Bertz CT molecular complexity index is 1170. The van der Waals surface area contributed by atoms with Crippen LogP contribution in [0.1, 0.15) is 27.9 Å². The number of imidazole rings is 1. The average Bonchev–Trinajstić information content (AvgIpc) is 3.26. The molecule has 0 saturated heterocycles. The molecule has 3 aromatic carbocycles. The van der Waals surface area contributed by atoms with Gasteiger partial charge in [0.25, 0.3) is 0 Å². The van der Waals surface area contributed by atoms with Gasteiger partial charge >= 0.3 is 0 Å². The minimum Gasteiger partial charge on any atom is -0.364 e. The fourth-order valence-corrected chi connectivity index (χ4v) is 3.58. The lowest BCUT2D eigenvalue weighted by atomic mass is 10.1. The predicted molar refractivity (Wildman–Crippen MR) is 139 cm³/mol. The van der Waals surface area contributed by atoms with Crippen molar-refractivity contribution < 1.29 is 0 Å². The molecule has 34 heavy (non-hydrogen) atoms. The first-order valence-corrected chi connectivity index (χ1v) is 11.5. The normalized spacial score (nSPS) is 10.2. The van der Waals surface area contributed by atoms with Crippen LogP contribution in [0.5, 0.6) is 0 Å². The van der Waals surface area contributed by atoms with E-state index < -0.39 is 0 Å². The van der Waals surface area contributed by atoms with Crippen LogP contribution in [0, 0.1) is 25.2 Å². The standard InChI is InChI=1S/C22H25N5.C7H8/c1-18-4-3-5-20(12-18)14-24-10-11-27(16-22-15-25-17-26(22)2)21-8-6-19(13-23)7-9-21;1-7-5-3-2-4-6-7/h3-9,12,15,17,24H,10-11,14,16H2,1-2H3;2-6H,1H3. The van der Waals surface area contributed by atoms with Crippen molar-refractivity contribution in [1.82, 2.24) is 14.9 Å². The van der Waals surface area contributed by atoms with Crippen LogP contribution in [0.4, 0.5) is 5.69 Å². The molecule has 0 unspecified atom stereocenters. The van der Waals surface area contributed by atoms with Crippen molar-refractivity contribution in [1.29, 1.82) is 5.26 Å². The second kappa shape index (κ2) is 13.0. The Kier molecular flexibility index (Phi) is 9.45. The number of aryl methyl sites for hydroxylation is 3. The van der Waals surface area contributed by atoms with E-state index in [1.165, 1.54) is 16.7 Å². The van der Waals surface area contributed by atoms with Crippen LogP contribution in [0.3, 0.4) is 0 Å². The number of anilines is 1. The lowest BCUT2D eigenvalue weighted by Crippen LogP contribution is -2.32. The van der Waals surface area contributed by atoms with Crippen LogP contribution >= 0.6 is 0 Å². The zero-order chi connectivity index (χ0) is 24.2. The van der Waals surface area contributed by atoms with Gasteiger partial charge < -0.3 is 14.8 Å². The van der Waals surface area contributed by atoms with Crippen molar-refractivity contribution in [2.24, 2.45) is 7.05 Å². The van der Waals surface area contributed by atoms with Crippen LogP contribution in [0.25, 0.3) is 0 Å². The lowest BCUT2D eigenvalue weighted by molar-refractivity contribution is 0.647. The highest BCUT2D eigenvalue weighted by atomic mass is 15.2. The molecule has 1 N–H and O–H groups in total. The summed E-state index contributed by atoms with van der Waals surface area (Å²) in [6, 6.07) is 28.8. The molecule has 0 aliphatic rings. The molecule has 0 atom stereocenters. The number of benzene rings is 3. The van der Waals surface area contributed by atoms with Crippen molar-refractivity contribution in [3.05, 3.63) is 119 Å². The van der Waals surface area contributed by atoms with Gasteiger partial charge in [-0.05, 0) is 43.7 Å². The van der Waals surface area contributed by atoms with Gasteiger partial charge in [-0.1, -0.05) is 65.7 Å². The summed E-state index contributed by atoms with van der Waals surface area (Å²) in [7, 11) is 2.01. The Balaban J connectivity index is 0.000000396. The lowest BCUT2D eigenvalue weighted by Gasteiger charge is -2.25. The van der Waals surface area contributed by atoms with Crippen molar-refractivity contribution in [3.8, 4) is 6.07 Å². The van der Waals surface area contributed by atoms with Crippen LogP contribution in [-0.2, 0) is 20.1 Å². The minimum atomic E-state index is 0.678. The molecule has 0 fully saturated rings. The second-order valence-electron chi connectivity index (χ2n) is 8.40. The Morgan fingerprint density at radius 2 is 1.68 bits per heavy atom. The summed E-state index contributed by atoms with van der Waals surface area (Å²) in [6.07, 6.45) is 3.72. The number of nitriles is 1. The monoisotopic (exact) mass is 451 g/mol. The highest BCUT2D eigenvalue weighted by Gasteiger charge is 2.10. The zero-order valence-electron chi connectivity index (χ0n) is 20.3. The topological polar surface area (TPSA) is 56.9 Å². The molecule has 0 bridgehead atoms. The number of hydrogen-bond donors (Lipinski definition) is 1. The molecule has 4 aromatic rings. The van der Waals surface area contributed by atoms with E-state index in [0.717, 1.165) is 37.6 Å². The second-order valence-corrected chi connectivity index (χ2v) is 8.40. The molecule has 0 radical (unpaired) electrons. The van der Waals surface area contributed by atoms with E-state index >= 15 is 0 Å². The third kappa shape index (κ3) is 7.91. The molecule has 0 saturated carbocycles. The van der Waals surface area contributed by atoms with E-state index in [2.05, 4.69) is 71.5 Å². The number of nitrogens with one attached hydrogen (secondary N) is 1. The molecular weight excluding hydrogens is 418 g/mol. The number of hydrogen-bond acceptors (Lipinski definition) is 4. The highest BCUT2D eigenvalue weighted by Crippen LogP contribution is 2.17. The summed E-state index contributed by atoms with van der Waals surface area (Å²) in [5.41, 5.74) is 6.83. The Morgan fingerprint density at radius 3 is 2.26 bits per heavy atom. The quantitative estimate of drug-likeness (QED) is 0.365. The first-order chi connectivity index (χ1) is 16.5. The zero-order valence-corrected chi connectivity index (χ0v) is 20.3. The van der Waals surface area contributed by atoms with E-state index in [9.17, 15) is 0 Å². The van der Waals surface area contributed by atoms with E-state index in [4.69, 9.17) is 5.26 Å². The highest BCUT2D eigenvalue weighted by molar-refractivity contribution is 5.50. The maximum absolute atomic E-state index is 9.03. The van der Waals surface area contributed by atoms with Crippen LogP contribution in [0.15, 0.2) is 91.4 Å². The number of aromatic nitrogens is 2. The van der Waals surface area contributed by atoms with E-state index in [1.54, 1.807) is 0 Å². The van der Waals surface area contributed by atoms with Gasteiger partial charge in [-0.2, -0.15) is 5.26 Å². The molecule has 0 amide bonds. The molecule has 1 heterocycles. The predicted octanol–water partition coefficient (Wildman–Crippen LogP) is 5.39. The smallest absolute Gasteiger partial charge is 0.0991 e. The van der Waals surface area contributed by atoms with Crippen molar-refractivity contribution in [2.75, 3.05) is 18.0 Å². The third-order valence-corrected chi connectivity index (χ3v) is 5.54. The fraction of sp³-hybridized carbons (Fsp3) is 0.241. The van der Waals surface area contributed by atoms with Gasteiger partial charge in [-0.3, -0.25) is 0 Å². The van der Waals surface area contributed by atoms with E-state index in [0.29, 0.717) is 5.56 Å². The molecule has 0 spiro atoms. The molecule has 174 valence electrons. The molecule has 0 aliphatic carbocycles. The molecule has 5 nitrogen and oxygen atoms in total. The fourth-order valence-electron chi connectivity index (χ4n) is 3.58. The van der Waals surface area contributed by atoms with Gasteiger partial charge in [0.2, 0.25) is 0 Å². The summed E-state index contributed by atoms with van der Waals surface area (Å²) < 4.78 is 2.04. The van der Waals surface area contributed by atoms with Gasteiger partial charge in [0, 0.05) is 38.6 Å². The Labute approximate surface area is 203 Å². The number of rotatable bonds is 8. The van der Waals surface area contributed by atoms with Gasteiger partial charge in [-0.25, -0.2) is 4.98 Å². The number of nitrogens with zero attached hydrogens (tertiary/aromatic N) is 4. The largest absolute Gasteiger partial charge is 0.364 e. The maximum atomic E-state index is 9.03. The minimum absolute atomic E-state index is 0.678. The van der Waals surface area contributed by atoms with Gasteiger partial charge in [-0.15, -0.1) is 0 Å². The van der Waals surface area contributed by atoms with Crippen LogP contribution in [0.2, 0.25) is 0 Å². The van der Waals surface area contributed by atoms with Crippen molar-refractivity contribution in [3.63, 3.8) is 0 Å². The van der Waals surface area contributed by atoms with E-state index in [-0.39, 0.29) is 0 Å². The molecule has 0 aliphatic heterocycles. The van der Waals surface area contributed by atoms with Crippen LogP contribution in [-0.4, -0.2) is 22.6 Å². The Hall–Kier alpha value is -3.88. The summed E-state index contributed by atoms with van der Waals surface area (Å²) in [4.78, 5) is 6.52. The maximum Gasteiger partial charge on any atom is 0.0991 e. The third-order valence-electron chi connectivity index (χ3n) is 5.54. The molecule has 1 aromatic heterocycles. The van der Waals surface area contributed by atoms with Gasteiger partial charge in [0.1, 0.15) is 0 Å². The van der Waals surface area contributed by atoms with Crippen molar-refractivity contribution >= 4 is 5.69 Å². The SMILES string of the molecule is Cc1cccc(CNCCN(Cc2cncn2C)c2ccc(C#N)cc2)c1.Cc1ccccc1. The molecule has 5 heteroatoms. The summed E-state index contributed by atoms with van der Waals surface area (Å²) in [6.45, 7) is 7.56. The summed E-state index contributed by atoms with van der Waals surface area (Å²) in [5.74, 6) is 0. The Morgan fingerprint density at radius 1 is 0.941 bits per heavy atom. The first kappa shape index (κ1) is 24.8. The van der Waals surface area contributed by atoms with E-state index in [1.807, 2.05) is 66.6 Å². The summed E-state index contributed by atoms with van der Waals surface area (Å²) >= 11 is 0. The molecular formula is C29H33N5. The van der Waals surface area contributed by atoms with Crippen LogP contribution < -0.4 is 10.2 Å². The first-order valence-electron chi connectivity index (χ1n) is 11.5. The van der Waals surface area contributed by atoms with Crippen molar-refractivity contribution in [2.45, 2.75) is 26.9 Å². The summed E-state index contributed by atoms with van der Waals surface area (Å²) in [5, 5.41) is 12.6.